The molecule has 2 aromatic carbocycles. The van der Waals surface area contributed by atoms with Crippen LogP contribution in [0.25, 0.3) is 12.2 Å². The van der Waals surface area contributed by atoms with E-state index < -0.39 is 47.7 Å². The molecule has 0 saturated carbocycles. The highest BCUT2D eigenvalue weighted by atomic mass is 32.3. The first-order valence-corrected chi connectivity index (χ1v) is 10.6. The van der Waals surface area contributed by atoms with Crippen molar-refractivity contribution in [2.24, 2.45) is 0 Å². The normalized spacial score (nSPS) is 26.3. The van der Waals surface area contributed by atoms with Crippen LogP contribution in [0.15, 0.2) is 42.5 Å². The van der Waals surface area contributed by atoms with Crippen LogP contribution in [0.3, 0.4) is 0 Å². The van der Waals surface area contributed by atoms with E-state index in [1.165, 1.54) is 30.3 Å². The summed E-state index contributed by atoms with van der Waals surface area (Å²) in [7, 11) is -5.08. The van der Waals surface area contributed by atoms with Crippen LogP contribution in [0.2, 0.25) is 0 Å². The molecule has 12 heteroatoms. The molecule has 0 unspecified atom stereocenters. The van der Waals surface area contributed by atoms with Gasteiger partial charge in [-0.1, -0.05) is 24.3 Å². The number of hydrogen-bond donors (Lipinski definition) is 5. The Bertz CT molecular complexity index is 1050. The molecule has 0 amide bonds. The Morgan fingerprint density at radius 3 is 2.22 bits per heavy atom. The van der Waals surface area contributed by atoms with E-state index in [9.17, 15) is 38.5 Å². The Hall–Kier alpha value is -2.71. The Morgan fingerprint density at radius 2 is 1.56 bits per heavy atom. The molecule has 5 atom stereocenters. The predicted molar refractivity (Wildman–Crippen MR) is 108 cm³/mol. The van der Waals surface area contributed by atoms with E-state index in [4.69, 9.17) is 9.47 Å². The maximum absolute atomic E-state index is 10.6. The third-order valence-electron chi connectivity index (χ3n) is 4.57. The van der Waals surface area contributed by atoms with Crippen LogP contribution in [0.4, 0.5) is 0 Å². The lowest BCUT2D eigenvalue weighted by Gasteiger charge is -2.40. The van der Waals surface area contributed by atoms with Crippen molar-refractivity contribution in [1.29, 1.82) is 0 Å². The summed E-state index contributed by atoms with van der Waals surface area (Å²) < 4.78 is 46.8. The lowest BCUT2D eigenvalue weighted by molar-refractivity contribution is -0.276. The molecule has 174 valence electrons. The van der Waals surface area contributed by atoms with Crippen LogP contribution in [0.5, 0.6) is 17.2 Å². The molecule has 1 aliphatic rings. The maximum Gasteiger partial charge on any atom is 0.229 e. The number of rotatable bonds is 7. The first kappa shape index (κ1) is 23.9. The molecular weight excluding hydrogens is 448 g/mol. The minimum atomic E-state index is -5.08. The smallest absolute Gasteiger partial charge is 0.229 e. The molecule has 1 aliphatic heterocycles. The molecule has 0 radical (unpaired) electrons. The van der Waals surface area contributed by atoms with Crippen LogP contribution in [0, 0.1) is 0 Å². The summed E-state index contributed by atoms with van der Waals surface area (Å²) in [5.74, 6) is -0.0414. The van der Waals surface area contributed by atoms with Gasteiger partial charge in [0.25, 0.3) is 0 Å². The molecule has 11 nitrogen and oxygen atoms in total. The van der Waals surface area contributed by atoms with Crippen molar-refractivity contribution in [1.82, 2.24) is 0 Å². The van der Waals surface area contributed by atoms with E-state index in [2.05, 4.69) is 4.18 Å². The average Bonchev–Trinajstić information content (AvgIpc) is 2.72. The zero-order chi connectivity index (χ0) is 23.5. The summed E-state index contributed by atoms with van der Waals surface area (Å²) >= 11 is 0. The molecular formula is C20H21O11S-. The Morgan fingerprint density at radius 1 is 0.906 bits per heavy atom. The number of phenolic OH excluding ortho intramolecular Hbond substituents is 2. The van der Waals surface area contributed by atoms with Crippen molar-refractivity contribution < 1.29 is 52.2 Å². The zero-order valence-electron chi connectivity index (χ0n) is 16.4. The fraction of sp³-hybridized carbons (Fsp3) is 0.300. The Labute approximate surface area is 183 Å². The molecule has 5 N–H and O–H groups in total. The third-order valence-corrected chi connectivity index (χ3v) is 5.00. The molecule has 1 fully saturated rings. The quantitative estimate of drug-likeness (QED) is 0.208. The van der Waals surface area contributed by atoms with Crippen molar-refractivity contribution in [2.75, 3.05) is 6.61 Å². The van der Waals surface area contributed by atoms with Gasteiger partial charge >= 0.3 is 0 Å². The van der Waals surface area contributed by atoms with Crippen molar-refractivity contribution in [2.45, 2.75) is 30.7 Å². The van der Waals surface area contributed by atoms with Gasteiger partial charge in [-0.25, -0.2) is 8.42 Å². The number of benzene rings is 2. The maximum atomic E-state index is 10.6. The van der Waals surface area contributed by atoms with E-state index in [-0.39, 0.29) is 17.2 Å². The van der Waals surface area contributed by atoms with Crippen LogP contribution in [-0.4, -0.2) is 75.8 Å². The number of hydrogen-bond acceptors (Lipinski definition) is 11. The van der Waals surface area contributed by atoms with E-state index in [0.29, 0.717) is 5.56 Å². The first-order chi connectivity index (χ1) is 15.0. The average molecular weight is 469 g/mol. The van der Waals surface area contributed by atoms with E-state index >= 15 is 0 Å². The summed E-state index contributed by atoms with van der Waals surface area (Å²) in [4.78, 5) is 0. The number of ether oxygens (including phenoxy) is 2. The van der Waals surface area contributed by atoms with Gasteiger partial charge in [0.2, 0.25) is 16.7 Å². The highest BCUT2D eigenvalue weighted by Gasteiger charge is 2.45. The largest absolute Gasteiger partial charge is 0.726 e. The Balaban J connectivity index is 1.75. The fourth-order valence-corrected chi connectivity index (χ4v) is 3.28. The summed E-state index contributed by atoms with van der Waals surface area (Å²) in [5.41, 5.74) is 1.27. The van der Waals surface area contributed by atoms with Crippen molar-refractivity contribution >= 4 is 22.6 Å². The first-order valence-electron chi connectivity index (χ1n) is 9.29. The second-order valence-corrected chi connectivity index (χ2v) is 8.06. The minimum Gasteiger partial charge on any atom is -0.726 e. The zero-order valence-corrected chi connectivity index (χ0v) is 17.2. The van der Waals surface area contributed by atoms with Crippen LogP contribution < -0.4 is 4.74 Å². The lowest BCUT2D eigenvalue weighted by Crippen LogP contribution is -2.60. The molecule has 1 saturated heterocycles. The summed E-state index contributed by atoms with van der Waals surface area (Å²) in [5, 5.41) is 49.4. The highest BCUT2D eigenvalue weighted by molar-refractivity contribution is 7.80. The Kier molecular flexibility index (Phi) is 7.36. The molecule has 0 aliphatic carbocycles. The van der Waals surface area contributed by atoms with Gasteiger partial charge in [0, 0.05) is 6.07 Å². The SMILES string of the molecule is O=S(=O)([O-])OC[C@H]1O[C@@H](Oc2cc(O)cc(/C=C/c3ccc(O)cc3)c2)[C@H](O)[C@@H](O)[C@@H]1O. The number of aliphatic hydroxyl groups excluding tert-OH is 3. The second-order valence-electron chi connectivity index (χ2n) is 7.01. The van der Waals surface area contributed by atoms with E-state index in [1.807, 2.05) is 0 Å². The summed E-state index contributed by atoms with van der Waals surface area (Å²) in [6, 6.07) is 10.5. The van der Waals surface area contributed by atoms with E-state index in [1.54, 1.807) is 24.3 Å². The number of phenols is 2. The standard InChI is InChI=1S/C20H22O11S/c21-13-5-3-11(4-6-13)1-2-12-7-14(22)9-15(8-12)30-20-19(25)18(24)17(23)16(31-20)10-29-32(26,27)28/h1-9,16-25H,10H2,(H,26,27,28)/p-1/b2-1+/t16-,17-,18+,19-,20-/m1/s1. The molecule has 1 heterocycles. The monoisotopic (exact) mass is 469 g/mol. The summed E-state index contributed by atoms with van der Waals surface area (Å²) in [6.07, 6.45) is -4.99. The number of aliphatic hydroxyl groups is 3. The second kappa shape index (κ2) is 9.83. The third kappa shape index (κ3) is 6.40. The minimum absolute atomic E-state index is 0.0270. The van der Waals surface area contributed by atoms with Gasteiger partial charge in [-0.3, -0.25) is 4.18 Å². The van der Waals surface area contributed by atoms with Crippen molar-refractivity contribution in [3.8, 4) is 17.2 Å². The molecule has 32 heavy (non-hydrogen) atoms. The van der Waals surface area contributed by atoms with Gasteiger partial charge in [0.15, 0.2) is 0 Å². The van der Waals surface area contributed by atoms with Gasteiger partial charge in [0.1, 0.15) is 41.7 Å². The van der Waals surface area contributed by atoms with Gasteiger partial charge in [0.05, 0.1) is 6.61 Å². The molecule has 0 bridgehead atoms. The van der Waals surface area contributed by atoms with Crippen molar-refractivity contribution in [3.05, 3.63) is 53.6 Å². The van der Waals surface area contributed by atoms with Crippen molar-refractivity contribution in [3.63, 3.8) is 0 Å². The lowest BCUT2D eigenvalue weighted by atomic mass is 9.99. The highest BCUT2D eigenvalue weighted by Crippen LogP contribution is 2.28. The topological polar surface area (TPSA) is 186 Å². The molecule has 0 spiro atoms. The van der Waals surface area contributed by atoms with Gasteiger partial charge < -0.3 is 39.6 Å². The van der Waals surface area contributed by atoms with Crippen LogP contribution >= 0.6 is 0 Å². The van der Waals surface area contributed by atoms with Gasteiger partial charge in [-0.2, -0.15) is 0 Å². The van der Waals surface area contributed by atoms with Gasteiger partial charge in [-0.05, 0) is 35.4 Å². The molecule has 2 aromatic rings. The van der Waals surface area contributed by atoms with Crippen LogP contribution in [0.1, 0.15) is 11.1 Å². The summed E-state index contributed by atoms with van der Waals surface area (Å²) in [6.45, 7) is -0.905. The fourth-order valence-electron chi connectivity index (χ4n) is 2.98. The predicted octanol–water partition coefficient (Wildman–Crippen LogP) is -0.0686. The van der Waals surface area contributed by atoms with Crippen LogP contribution in [-0.2, 0) is 19.3 Å². The molecule has 0 aromatic heterocycles. The number of aromatic hydroxyl groups is 2. The van der Waals surface area contributed by atoms with E-state index in [0.717, 1.165) is 5.56 Å². The molecule has 3 rings (SSSR count). The van der Waals surface area contributed by atoms with Gasteiger partial charge in [-0.15, -0.1) is 0 Å².